The molecule has 0 bridgehead atoms. The van der Waals surface area contributed by atoms with Gasteiger partial charge in [-0.25, -0.2) is 9.78 Å². The molecule has 1 unspecified atom stereocenters. The topological polar surface area (TPSA) is 70.6 Å². The number of amides is 1. The Bertz CT molecular complexity index is 589. The number of rotatable bonds is 5. The van der Waals surface area contributed by atoms with E-state index in [0.29, 0.717) is 18.7 Å². The molecule has 2 aliphatic rings. The fourth-order valence-electron chi connectivity index (χ4n) is 3.89. The molecule has 2 saturated heterocycles. The molecule has 0 spiro atoms. The van der Waals surface area contributed by atoms with Crippen molar-refractivity contribution in [1.82, 2.24) is 14.9 Å². The maximum absolute atomic E-state index is 11.8. The first-order chi connectivity index (χ1) is 12.7. The molecule has 3 rings (SSSR count). The second-order valence-corrected chi connectivity index (χ2v) is 7.10. The molecule has 0 radical (unpaired) electrons. The summed E-state index contributed by atoms with van der Waals surface area (Å²) in [7, 11) is 0. The van der Waals surface area contributed by atoms with Crippen LogP contribution in [0.15, 0.2) is 12.3 Å². The zero-order chi connectivity index (χ0) is 18.4. The summed E-state index contributed by atoms with van der Waals surface area (Å²) in [4.78, 5) is 25.2. The van der Waals surface area contributed by atoms with Gasteiger partial charge in [0.15, 0.2) is 0 Å². The number of piperidine rings is 2. The summed E-state index contributed by atoms with van der Waals surface area (Å²) in [6.45, 7) is 6.99. The van der Waals surface area contributed by atoms with E-state index in [9.17, 15) is 4.79 Å². The average molecular weight is 361 g/mol. The molecule has 1 atom stereocenters. The molecule has 2 aliphatic heterocycles. The molecular weight excluding hydrogens is 330 g/mol. The normalized spacial score (nSPS) is 21.5. The van der Waals surface area contributed by atoms with Gasteiger partial charge in [0.25, 0.3) is 0 Å². The highest BCUT2D eigenvalue weighted by Crippen LogP contribution is 2.25. The van der Waals surface area contributed by atoms with Crippen LogP contribution >= 0.6 is 0 Å². The lowest BCUT2D eigenvalue weighted by molar-refractivity contribution is 0.0983. The van der Waals surface area contributed by atoms with E-state index in [1.807, 2.05) is 19.2 Å². The number of hydrogen-bond acceptors (Lipinski definition) is 6. The third-order valence-electron chi connectivity index (χ3n) is 5.37. The number of ether oxygens (including phenoxy) is 1. The van der Waals surface area contributed by atoms with Crippen LogP contribution in [-0.2, 0) is 4.74 Å². The van der Waals surface area contributed by atoms with E-state index in [4.69, 9.17) is 9.72 Å². The number of anilines is 2. The second kappa shape index (κ2) is 9.05. The van der Waals surface area contributed by atoms with E-state index in [0.717, 1.165) is 50.7 Å². The third kappa shape index (κ3) is 4.56. The van der Waals surface area contributed by atoms with Crippen molar-refractivity contribution in [1.29, 1.82) is 0 Å². The predicted molar refractivity (Wildman–Crippen MR) is 103 cm³/mol. The summed E-state index contributed by atoms with van der Waals surface area (Å²) < 4.78 is 5.08. The Morgan fingerprint density at radius 2 is 2.04 bits per heavy atom. The summed E-state index contributed by atoms with van der Waals surface area (Å²) in [5, 5.41) is 3.53. The summed E-state index contributed by atoms with van der Waals surface area (Å²) in [5.74, 6) is 1.72. The molecule has 0 saturated carbocycles. The molecular formula is C19H31N5O2. The average Bonchev–Trinajstić information content (AvgIpc) is 2.69. The van der Waals surface area contributed by atoms with E-state index >= 15 is 0 Å². The van der Waals surface area contributed by atoms with Crippen molar-refractivity contribution in [2.75, 3.05) is 36.5 Å². The quantitative estimate of drug-likeness (QED) is 0.868. The van der Waals surface area contributed by atoms with Crippen molar-refractivity contribution < 1.29 is 9.53 Å². The van der Waals surface area contributed by atoms with Crippen LogP contribution in [0.5, 0.6) is 0 Å². The van der Waals surface area contributed by atoms with Gasteiger partial charge < -0.3 is 19.9 Å². The van der Waals surface area contributed by atoms with Gasteiger partial charge in [-0.1, -0.05) is 6.92 Å². The minimum Gasteiger partial charge on any atom is -0.450 e. The van der Waals surface area contributed by atoms with Crippen LogP contribution < -0.4 is 10.2 Å². The Kier molecular flexibility index (Phi) is 6.52. The van der Waals surface area contributed by atoms with E-state index in [2.05, 4.69) is 22.1 Å². The Balaban J connectivity index is 1.57. The van der Waals surface area contributed by atoms with Gasteiger partial charge in [0.2, 0.25) is 5.95 Å². The first kappa shape index (κ1) is 18.7. The number of aromatic nitrogens is 2. The predicted octanol–water partition coefficient (Wildman–Crippen LogP) is 3.28. The van der Waals surface area contributed by atoms with Crippen LogP contribution in [0.25, 0.3) is 0 Å². The number of nitrogens with one attached hydrogen (secondary N) is 1. The largest absolute Gasteiger partial charge is 0.450 e. The molecule has 7 nitrogen and oxygen atoms in total. The van der Waals surface area contributed by atoms with Gasteiger partial charge in [0.05, 0.1) is 6.61 Å². The number of hydrogen-bond donors (Lipinski definition) is 1. The van der Waals surface area contributed by atoms with Crippen molar-refractivity contribution >= 4 is 17.9 Å². The van der Waals surface area contributed by atoms with Crippen molar-refractivity contribution in [2.24, 2.45) is 0 Å². The van der Waals surface area contributed by atoms with E-state index in [-0.39, 0.29) is 6.09 Å². The van der Waals surface area contributed by atoms with Gasteiger partial charge in [-0.2, -0.15) is 4.98 Å². The van der Waals surface area contributed by atoms with Crippen LogP contribution in [-0.4, -0.2) is 59.3 Å². The van der Waals surface area contributed by atoms with Gasteiger partial charge in [-0.05, 0) is 51.5 Å². The molecule has 0 aliphatic carbocycles. The van der Waals surface area contributed by atoms with Crippen LogP contribution in [0.3, 0.4) is 0 Å². The van der Waals surface area contributed by atoms with Crippen LogP contribution in [0.1, 0.15) is 52.4 Å². The lowest BCUT2D eigenvalue weighted by atomic mass is 10.0. The summed E-state index contributed by atoms with van der Waals surface area (Å²) in [6.07, 6.45) is 8.32. The lowest BCUT2D eigenvalue weighted by Crippen LogP contribution is -2.43. The molecule has 144 valence electrons. The van der Waals surface area contributed by atoms with Crippen molar-refractivity contribution in [3.8, 4) is 0 Å². The summed E-state index contributed by atoms with van der Waals surface area (Å²) in [6, 6.07) is 2.81. The van der Waals surface area contributed by atoms with Gasteiger partial charge in [0.1, 0.15) is 5.82 Å². The third-order valence-corrected chi connectivity index (χ3v) is 5.37. The lowest BCUT2D eigenvalue weighted by Gasteiger charge is -2.35. The molecule has 1 aromatic rings. The smallest absolute Gasteiger partial charge is 0.409 e. The van der Waals surface area contributed by atoms with Gasteiger partial charge in [0, 0.05) is 37.9 Å². The van der Waals surface area contributed by atoms with Crippen molar-refractivity contribution in [3.63, 3.8) is 0 Å². The SMILES string of the molecule is CCOC(=O)N1CCC(Nc2ccnc(N3CCCCC3CC)n2)CC1. The van der Waals surface area contributed by atoms with Crippen LogP contribution in [0, 0.1) is 0 Å². The van der Waals surface area contributed by atoms with Crippen molar-refractivity contribution in [2.45, 2.75) is 64.5 Å². The molecule has 7 heteroatoms. The Hall–Kier alpha value is -2.05. The zero-order valence-corrected chi connectivity index (χ0v) is 16.0. The first-order valence-corrected chi connectivity index (χ1v) is 9.99. The number of carbonyl (C=O) groups excluding carboxylic acids is 1. The fourth-order valence-corrected chi connectivity index (χ4v) is 3.89. The van der Waals surface area contributed by atoms with Crippen LogP contribution in [0.2, 0.25) is 0 Å². The Labute approximate surface area is 156 Å². The zero-order valence-electron chi connectivity index (χ0n) is 16.0. The number of likely N-dealkylation sites (tertiary alicyclic amines) is 1. The monoisotopic (exact) mass is 361 g/mol. The number of nitrogens with zero attached hydrogens (tertiary/aromatic N) is 4. The van der Waals surface area contributed by atoms with Gasteiger partial charge in [-0.3, -0.25) is 0 Å². The minimum atomic E-state index is -0.203. The molecule has 2 fully saturated rings. The molecule has 3 heterocycles. The molecule has 1 N–H and O–H groups in total. The highest BCUT2D eigenvalue weighted by atomic mass is 16.6. The summed E-state index contributed by atoms with van der Waals surface area (Å²) in [5.41, 5.74) is 0. The fraction of sp³-hybridized carbons (Fsp3) is 0.737. The molecule has 0 aromatic carbocycles. The maximum Gasteiger partial charge on any atom is 0.409 e. The van der Waals surface area contributed by atoms with Crippen LogP contribution in [0.4, 0.5) is 16.6 Å². The summed E-state index contributed by atoms with van der Waals surface area (Å²) >= 11 is 0. The molecule has 26 heavy (non-hydrogen) atoms. The molecule has 1 amide bonds. The maximum atomic E-state index is 11.8. The van der Waals surface area contributed by atoms with Gasteiger partial charge >= 0.3 is 6.09 Å². The standard InChI is InChI=1S/C19H31N5O2/c1-3-16-7-5-6-12-24(16)18-20-11-8-17(22-18)21-15-9-13-23(14-10-15)19(25)26-4-2/h8,11,15-16H,3-7,9-10,12-14H2,1-2H3,(H,20,21,22). The minimum absolute atomic E-state index is 0.203. The number of carbonyl (C=O) groups is 1. The Morgan fingerprint density at radius 3 is 2.77 bits per heavy atom. The highest BCUT2D eigenvalue weighted by molar-refractivity contribution is 5.67. The van der Waals surface area contributed by atoms with Crippen molar-refractivity contribution in [3.05, 3.63) is 12.3 Å². The van der Waals surface area contributed by atoms with E-state index < -0.39 is 0 Å². The van der Waals surface area contributed by atoms with E-state index in [1.165, 1.54) is 19.3 Å². The second-order valence-electron chi connectivity index (χ2n) is 7.10. The Morgan fingerprint density at radius 1 is 1.23 bits per heavy atom. The van der Waals surface area contributed by atoms with E-state index in [1.54, 1.807) is 4.90 Å². The first-order valence-electron chi connectivity index (χ1n) is 9.99. The highest BCUT2D eigenvalue weighted by Gasteiger charge is 2.25. The molecule has 1 aromatic heterocycles. The van der Waals surface area contributed by atoms with Gasteiger partial charge in [-0.15, -0.1) is 0 Å².